The highest BCUT2D eigenvalue weighted by Crippen LogP contribution is 2.19. The van der Waals surface area contributed by atoms with Crippen LogP contribution < -0.4 is 5.32 Å². The maximum atomic E-state index is 13.1. The van der Waals surface area contributed by atoms with Gasteiger partial charge in [0, 0.05) is 13.0 Å². The number of hydrogen-bond donors (Lipinski definition) is 2. The highest BCUT2D eigenvalue weighted by atomic mass is 79.9. The predicted octanol–water partition coefficient (Wildman–Crippen LogP) is 1.98. The molecular weight excluding hydrogens is 345 g/mol. The summed E-state index contributed by atoms with van der Waals surface area (Å²) < 4.78 is 18.2. The van der Waals surface area contributed by atoms with Crippen LogP contribution in [0, 0.1) is 11.7 Å². The zero-order valence-electron chi connectivity index (χ0n) is 11.7. The molecule has 0 aliphatic heterocycles. The molecule has 1 aromatic carbocycles. The van der Waals surface area contributed by atoms with Gasteiger partial charge in [-0.1, -0.05) is 13.0 Å². The number of amides is 1. The Balaban J connectivity index is 2.65. The summed E-state index contributed by atoms with van der Waals surface area (Å²) in [7, 11) is 1.36. The molecule has 116 valence electrons. The van der Waals surface area contributed by atoms with Crippen LogP contribution in [-0.4, -0.2) is 36.7 Å². The maximum absolute atomic E-state index is 13.1. The molecule has 0 saturated carbocycles. The third kappa shape index (κ3) is 5.43. The fourth-order valence-corrected chi connectivity index (χ4v) is 2.19. The van der Waals surface area contributed by atoms with E-state index in [0.29, 0.717) is 10.9 Å². The second-order valence-electron chi connectivity index (χ2n) is 4.71. The van der Waals surface area contributed by atoms with Crippen molar-refractivity contribution in [1.82, 2.24) is 5.32 Å². The lowest BCUT2D eigenvalue weighted by atomic mass is 10.00. The van der Waals surface area contributed by atoms with Crippen molar-refractivity contribution in [3.8, 4) is 0 Å². The molecule has 7 heteroatoms. The zero-order chi connectivity index (χ0) is 16.0. The van der Waals surface area contributed by atoms with Crippen LogP contribution in [0.5, 0.6) is 0 Å². The number of carboxylic acids is 1. The number of halogens is 2. The van der Waals surface area contributed by atoms with E-state index in [1.807, 2.05) is 0 Å². The third-order valence-electron chi connectivity index (χ3n) is 2.92. The molecule has 0 aliphatic carbocycles. The molecular formula is C14H17BrFNO4. The van der Waals surface area contributed by atoms with Crippen LogP contribution in [0.3, 0.4) is 0 Å². The number of hydrogen-bond acceptors (Lipinski definition) is 3. The van der Waals surface area contributed by atoms with Gasteiger partial charge >= 0.3 is 5.97 Å². The van der Waals surface area contributed by atoms with E-state index in [0.717, 1.165) is 5.56 Å². The lowest BCUT2D eigenvalue weighted by molar-refractivity contribution is -0.143. The van der Waals surface area contributed by atoms with Gasteiger partial charge < -0.3 is 15.2 Å². The Morgan fingerprint density at radius 3 is 2.67 bits per heavy atom. The molecule has 5 nitrogen and oxygen atoms in total. The number of carboxylic acid groups (broad SMARTS) is 1. The van der Waals surface area contributed by atoms with E-state index >= 15 is 0 Å². The molecule has 2 atom stereocenters. The number of aliphatic carboxylic acids is 1. The number of methoxy groups -OCH3 is 1. The second kappa shape index (κ2) is 8.09. The predicted molar refractivity (Wildman–Crippen MR) is 78.4 cm³/mol. The number of nitrogens with one attached hydrogen (secondary N) is 1. The van der Waals surface area contributed by atoms with Crippen molar-refractivity contribution < 1.29 is 23.8 Å². The van der Waals surface area contributed by atoms with Crippen LogP contribution in [0.1, 0.15) is 12.5 Å². The Hall–Kier alpha value is -1.47. The van der Waals surface area contributed by atoms with Crippen molar-refractivity contribution in [2.75, 3.05) is 13.7 Å². The van der Waals surface area contributed by atoms with Gasteiger partial charge in [-0.25, -0.2) is 9.18 Å². The fraction of sp³-hybridized carbons (Fsp3) is 0.429. The van der Waals surface area contributed by atoms with Gasteiger partial charge in [-0.2, -0.15) is 0 Å². The smallest absolute Gasteiger partial charge is 0.328 e. The first-order chi connectivity index (χ1) is 9.85. The van der Waals surface area contributed by atoms with Crippen LogP contribution in [0.2, 0.25) is 0 Å². The molecule has 0 bridgehead atoms. The van der Waals surface area contributed by atoms with E-state index in [9.17, 15) is 14.0 Å². The molecule has 1 aromatic rings. The van der Waals surface area contributed by atoms with Gasteiger partial charge in [0.2, 0.25) is 5.91 Å². The summed E-state index contributed by atoms with van der Waals surface area (Å²) in [6.45, 7) is 1.58. The third-order valence-corrected chi connectivity index (χ3v) is 3.53. The van der Waals surface area contributed by atoms with Gasteiger partial charge in [-0.3, -0.25) is 4.79 Å². The second-order valence-corrected chi connectivity index (χ2v) is 5.56. The molecule has 0 aromatic heterocycles. The van der Waals surface area contributed by atoms with E-state index < -0.39 is 17.9 Å². The highest BCUT2D eigenvalue weighted by Gasteiger charge is 2.23. The lowest BCUT2D eigenvalue weighted by Gasteiger charge is -2.17. The fourth-order valence-electron chi connectivity index (χ4n) is 1.77. The Morgan fingerprint density at radius 2 is 2.14 bits per heavy atom. The summed E-state index contributed by atoms with van der Waals surface area (Å²) in [5.74, 6) is -2.36. The minimum absolute atomic E-state index is 0.101. The Bertz CT molecular complexity index is 524. The molecule has 1 rings (SSSR count). The zero-order valence-corrected chi connectivity index (χ0v) is 13.3. The minimum atomic E-state index is -1.15. The van der Waals surface area contributed by atoms with Crippen molar-refractivity contribution in [2.24, 2.45) is 5.92 Å². The van der Waals surface area contributed by atoms with E-state index in [2.05, 4.69) is 21.2 Å². The first-order valence-corrected chi connectivity index (χ1v) is 7.10. The van der Waals surface area contributed by atoms with Crippen molar-refractivity contribution in [3.63, 3.8) is 0 Å². The molecule has 2 unspecified atom stereocenters. The van der Waals surface area contributed by atoms with Crippen LogP contribution in [-0.2, 0) is 20.7 Å². The molecule has 0 aliphatic rings. The summed E-state index contributed by atoms with van der Waals surface area (Å²) in [5.41, 5.74) is 0.782. The average Bonchev–Trinajstić information content (AvgIpc) is 2.42. The van der Waals surface area contributed by atoms with Crippen LogP contribution in [0.25, 0.3) is 0 Å². The highest BCUT2D eigenvalue weighted by molar-refractivity contribution is 9.10. The number of rotatable bonds is 7. The molecule has 0 radical (unpaired) electrons. The largest absolute Gasteiger partial charge is 0.480 e. The van der Waals surface area contributed by atoms with Gasteiger partial charge in [-0.15, -0.1) is 0 Å². The lowest BCUT2D eigenvalue weighted by Crippen LogP contribution is -2.46. The van der Waals surface area contributed by atoms with E-state index in [4.69, 9.17) is 9.84 Å². The Kier molecular flexibility index (Phi) is 6.77. The summed E-state index contributed by atoms with van der Waals surface area (Å²) in [6, 6.07) is 3.43. The van der Waals surface area contributed by atoms with Crippen LogP contribution in [0.15, 0.2) is 22.7 Å². The van der Waals surface area contributed by atoms with Gasteiger partial charge in [0.05, 0.1) is 11.1 Å². The standard InChI is InChI=1S/C14H17BrFNO4/c1-8(5-9-3-4-11(16)10(15)6-9)13(18)17-12(7-21-2)14(19)20/h3-4,6,8,12H,5,7H2,1-2H3,(H,17,18)(H,19,20). The molecule has 0 heterocycles. The van der Waals surface area contributed by atoms with Gasteiger partial charge in [0.15, 0.2) is 6.04 Å². The molecule has 1 amide bonds. The molecule has 2 N–H and O–H groups in total. The average molecular weight is 362 g/mol. The number of carbonyl (C=O) groups is 2. The van der Waals surface area contributed by atoms with Gasteiger partial charge in [0.25, 0.3) is 0 Å². The quantitative estimate of drug-likeness (QED) is 0.778. The Labute approximate surface area is 130 Å². The summed E-state index contributed by atoms with van der Waals surface area (Å²) >= 11 is 3.08. The summed E-state index contributed by atoms with van der Waals surface area (Å²) in [4.78, 5) is 22.9. The van der Waals surface area contributed by atoms with E-state index in [1.54, 1.807) is 19.1 Å². The number of ether oxygens (including phenoxy) is 1. The molecule has 21 heavy (non-hydrogen) atoms. The van der Waals surface area contributed by atoms with Crippen LogP contribution in [0.4, 0.5) is 4.39 Å². The van der Waals surface area contributed by atoms with E-state index in [-0.39, 0.29) is 18.3 Å². The first kappa shape index (κ1) is 17.6. The Morgan fingerprint density at radius 1 is 1.48 bits per heavy atom. The molecule has 0 spiro atoms. The van der Waals surface area contributed by atoms with Crippen molar-refractivity contribution in [1.29, 1.82) is 0 Å². The van der Waals surface area contributed by atoms with Crippen molar-refractivity contribution in [2.45, 2.75) is 19.4 Å². The monoisotopic (exact) mass is 361 g/mol. The molecule has 0 fully saturated rings. The maximum Gasteiger partial charge on any atom is 0.328 e. The van der Waals surface area contributed by atoms with E-state index in [1.165, 1.54) is 13.2 Å². The number of carbonyl (C=O) groups excluding carboxylic acids is 1. The first-order valence-electron chi connectivity index (χ1n) is 6.31. The van der Waals surface area contributed by atoms with Gasteiger partial charge in [-0.05, 0) is 40.0 Å². The van der Waals surface area contributed by atoms with Crippen LogP contribution >= 0.6 is 15.9 Å². The van der Waals surface area contributed by atoms with Gasteiger partial charge in [0.1, 0.15) is 5.82 Å². The minimum Gasteiger partial charge on any atom is -0.480 e. The summed E-state index contributed by atoms with van der Waals surface area (Å²) in [6.07, 6.45) is 0.379. The summed E-state index contributed by atoms with van der Waals surface area (Å²) in [5, 5.41) is 11.4. The molecule has 0 saturated heterocycles. The topological polar surface area (TPSA) is 75.6 Å². The van der Waals surface area contributed by atoms with Crippen molar-refractivity contribution >= 4 is 27.8 Å². The number of benzene rings is 1. The van der Waals surface area contributed by atoms with Crippen molar-refractivity contribution in [3.05, 3.63) is 34.1 Å². The normalized spacial score (nSPS) is 13.5. The SMILES string of the molecule is COCC(NC(=O)C(C)Cc1ccc(F)c(Br)c1)C(=O)O.